The Kier molecular flexibility index (Phi) is 11.6. The van der Waals surface area contributed by atoms with Gasteiger partial charge in [-0.05, 0) is 57.4 Å². The second kappa shape index (κ2) is 14.6. The van der Waals surface area contributed by atoms with Gasteiger partial charge >= 0.3 is 5.97 Å². The normalized spacial score (nSPS) is 35.2. The predicted octanol–water partition coefficient (Wildman–Crippen LogP) is 5.90. The first kappa shape index (κ1) is 29.3. The summed E-state index contributed by atoms with van der Waals surface area (Å²) < 4.78 is 23.3. The van der Waals surface area contributed by atoms with E-state index in [1.54, 1.807) is 19.3 Å². The summed E-state index contributed by atoms with van der Waals surface area (Å²) in [4.78, 5) is 12.7. The first-order valence-electron chi connectivity index (χ1n) is 13.5. The van der Waals surface area contributed by atoms with Crippen LogP contribution in [0.15, 0.2) is 72.4 Å². The van der Waals surface area contributed by atoms with Crippen molar-refractivity contribution in [3.63, 3.8) is 0 Å². The molecule has 3 aliphatic rings. The number of cyclic esters (lactones) is 1. The third-order valence-corrected chi connectivity index (χ3v) is 7.00. The van der Waals surface area contributed by atoms with Crippen molar-refractivity contribution in [3.05, 3.63) is 72.4 Å². The summed E-state index contributed by atoms with van der Waals surface area (Å²) in [5, 5.41) is 10.9. The zero-order valence-corrected chi connectivity index (χ0v) is 22.6. The van der Waals surface area contributed by atoms with Gasteiger partial charge in [-0.2, -0.15) is 0 Å². The van der Waals surface area contributed by atoms with Crippen LogP contribution in [-0.2, 0) is 23.7 Å². The van der Waals surface area contributed by atoms with Gasteiger partial charge in [0.05, 0.1) is 18.8 Å². The molecule has 0 amide bonds. The molecular weight excluding hydrogens is 468 g/mol. The topological polar surface area (TPSA) is 74.2 Å². The Morgan fingerprint density at radius 3 is 2.84 bits per heavy atom. The molecule has 1 N–H and O–H groups in total. The number of hydrogen-bond donors (Lipinski definition) is 1. The highest BCUT2D eigenvalue weighted by atomic mass is 16.6. The van der Waals surface area contributed by atoms with Crippen LogP contribution in [0.4, 0.5) is 0 Å². The van der Waals surface area contributed by atoms with Crippen molar-refractivity contribution in [2.75, 3.05) is 13.7 Å². The molecule has 2 bridgehead atoms. The molecule has 0 fully saturated rings. The van der Waals surface area contributed by atoms with Gasteiger partial charge in [-0.3, -0.25) is 0 Å². The summed E-state index contributed by atoms with van der Waals surface area (Å²) in [5.74, 6) is -1.49. The number of rotatable bonds is 4. The quantitative estimate of drug-likeness (QED) is 0.374. The molecule has 0 saturated heterocycles. The van der Waals surface area contributed by atoms with Gasteiger partial charge in [-0.15, -0.1) is 0 Å². The third-order valence-electron chi connectivity index (χ3n) is 7.00. The Labute approximate surface area is 222 Å². The largest absolute Gasteiger partial charge is 0.456 e. The van der Waals surface area contributed by atoms with Crippen molar-refractivity contribution < 1.29 is 28.8 Å². The average molecular weight is 513 g/mol. The van der Waals surface area contributed by atoms with Crippen molar-refractivity contribution in [2.45, 2.75) is 95.4 Å². The number of aliphatic hydroxyl groups is 1. The van der Waals surface area contributed by atoms with Crippen LogP contribution in [0.2, 0.25) is 0 Å². The van der Waals surface area contributed by atoms with Crippen LogP contribution in [0, 0.1) is 5.92 Å². The average Bonchev–Trinajstić information content (AvgIpc) is 2.83. The fourth-order valence-electron chi connectivity index (χ4n) is 5.05. The van der Waals surface area contributed by atoms with Crippen LogP contribution >= 0.6 is 0 Å². The monoisotopic (exact) mass is 512 g/mol. The number of allylic oxidation sites excluding steroid dienone is 2. The molecule has 6 unspecified atom stereocenters. The lowest BCUT2D eigenvalue weighted by atomic mass is 9.91. The second-order valence-corrected chi connectivity index (χ2v) is 10.6. The van der Waals surface area contributed by atoms with E-state index in [1.807, 2.05) is 18.2 Å². The highest BCUT2D eigenvalue weighted by molar-refractivity contribution is 5.82. The molecule has 6 nitrogen and oxygen atoms in total. The van der Waals surface area contributed by atoms with Crippen molar-refractivity contribution in [1.29, 1.82) is 0 Å². The van der Waals surface area contributed by atoms with E-state index in [-0.39, 0.29) is 18.6 Å². The molecule has 3 heterocycles. The van der Waals surface area contributed by atoms with Crippen LogP contribution in [0.25, 0.3) is 0 Å². The Balaban J connectivity index is 1.73. The second-order valence-electron chi connectivity index (χ2n) is 10.6. The van der Waals surface area contributed by atoms with Gasteiger partial charge < -0.3 is 24.1 Å². The minimum Gasteiger partial charge on any atom is -0.456 e. The van der Waals surface area contributed by atoms with E-state index in [0.717, 1.165) is 38.5 Å². The molecule has 6 atom stereocenters. The molecular formula is C31H44O6. The first-order valence-corrected chi connectivity index (χ1v) is 13.5. The Bertz CT molecular complexity index is 913. The first-order chi connectivity index (χ1) is 17.8. The summed E-state index contributed by atoms with van der Waals surface area (Å²) >= 11 is 0. The summed E-state index contributed by atoms with van der Waals surface area (Å²) in [7, 11) is 1.62. The van der Waals surface area contributed by atoms with Crippen LogP contribution in [0.1, 0.15) is 65.2 Å². The van der Waals surface area contributed by atoms with Gasteiger partial charge in [-0.25, -0.2) is 4.79 Å². The lowest BCUT2D eigenvalue weighted by Crippen LogP contribution is -2.37. The van der Waals surface area contributed by atoms with E-state index >= 15 is 0 Å². The zero-order chi connectivity index (χ0) is 26.7. The molecule has 37 heavy (non-hydrogen) atoms. The molecule has 6 heteroatoms. The van der Waals surface area contributed by atoms with E-state index in [2.05, 4.69) is 38.7 Å². The lowest BCUT2D eigenvalue weighted by molar-refractivity contribution is -0.203. The van der Waals surface area contributed by atoms with Crippen LogP contribution in [0.3, 0.4) is 0 Å². The summed E-state index contributed by atoms with van der Waals surface area (Å²) in [5.41, 5.74) is 2.51. The van der Waals surface area contributed by atoms with Crippen molar-refractivity contribution >= 4 is 5.97 Å². The lowest BCUT2D eigenvalue weighted by Gasteiger charge is -2.34. The van der Waals surface area contributed by atoms with E-state index in [1.165, 1.54) is 17.2 Å². The number of ether oxygens (including phenoxy) is 4. The molecule has 0 aromatic carbocycles. The van der Waals surface area contributed by atoms with E-state index in [9.17, 15) is 9.90 Å². The minimum atomic E-state index is -1.42. The number of hydrogen-bond acceptors (Lipinski definition) is 6. The zero-order valence-electron chi connectivity index (χ0n) is 22.6. The number of esters is 1. The molecule has 0 spiro atoms. The van der Waals surface area contributed by atoms with Crippen LogP contribution < -0.4 is 0 Å². The van der Waals surface area contributed by atoms with Gasteiger partial charge in [0.15, 0.2) is 5.79 Å². The van der Waals surface area contributed by atoms with Gasteiger partial charge in [0.2, 0.25) is 0 Å². The summed E-state index contributed by atoms with van der Waals surface area (Å²) in [6.45, 7) is 9.17. The number of carbonyl (C=O) groups excluding carboxylic acids is 1. The summed E-state index contributed by atoms with van der Waals surface area (Å²) in [6, 6.07) is 0. The van der Waals surface area contributed by atoms with E-state index in [4.69, 9.17) is 18.9 Å². The minimum absolute atomic E-state index is 0.0190. The van der Waals surface area contributed by atoms with Gasteiger partial charge in [0.25, 0.3) is 0 Å². The molecule has 0 saturated carbocycles. The standard InChI is InChI=1S/C31H44O6/c1-23-10-6-5-7-12-29(28(34-4)15-14-26-21-24(2)16-19-35-26)36-30(32)13-9-18-31(33)17-8-11-27(37-31)22-25(3)20-23/h5,7-9,13-17,25-29,33H,1,6,10-12,18-22H2,2-4H3/b7-5+,13-9+,15-14?. The fraction of sp³-hybridized carbons (Fsp3) is 0.581. The van der Waals surface area contributed by atoms with Crippen LogP contribution in [-0.4, -0.2) is 55.0 Å². The van der Waals surface area contributed by atoms with Crippen molar-refractivity contribution in [2.24, 2.45) is 5.92 Å². The Morgan fingerprint density at radius 1 is 1.22 bits per heavy atom. The molecule has 3 aliphatic heterocycles. The molecule has 3 rings (SSSR count). The van der Waals surface area contributed by atoms with E-state index in [0.29, 0.717) is 18.9 Å². The number of methoxy groups -OCH3 is 1. The molecule has 0 aromatic heterocycles. The SMILES string of the molecule is C=C1CC/C=C/CC(C(C=CC2CC(C)=CCO2)OC)OC(=O)/C=C/CC2(O)C=CCC(CC(C)C1)O2. The smallest absolute Gasteiger partial charge is 0.330 e. The molecule has 0 radical (unpaired) electrons. The molecule has 0 aliphatic carbocycles. The van der Waals surface area contributed by atoms with Crippen molar-refractivity contribution in [1.82, 2.24) is 0 Å². The highest BCUT2D eigenvalue weighted by Crippen LogP contribution is 2.30. The molecule has 0 aromatic rings. The summed E-state index contributed by atoms with van der Waals surface area (Å²) in [6.07, 6.45) is 21.6. The predicted molar refractivity (Wildman–Crippen MR) is 146 cm³/mol. The number of fused-ring (bicyclic) bond motifs is 2. The number of carbonyl (C=O) groups is 1. The maximum absolute atomic E-state index is 12.7. The fourth-order valence-corrected chi connectivity index (χ4v) is 5.05. The highest BCUT2D eigenvalue weighted by Gasteiger charge is 2.31. The Hall–Kier alpha value is -2.25. The third kappa shape index (κ3) is 10.2. The maximum Gasteiger partial charge on any atom is 0.330 e. The van der Waals surface area contributed by atoms with Crippen molar-refractivity contribution in [3.8, 4) is 0 Å². The van der Waals surface area contributed by atoms with E-state index < -0.39 is 24.0 Å². The Morgan fingerprint density at radius 2 is 2.05 bits per heavy atom. The van der Waals surface area contributed by atoms with Gasteiger partial charge in [0, 0.05) is 26.0 Å². The van der Waals surface area contributed by atoms with Gasteiger partial charge in [0.1, 0.15) is 12.2 Å². The van der Waals surface area contributed by atoms with Crippen LogP contribution in [0.5, 0.6) is 0 Å². The molecule has 204 valence electrons. The maximum atomic E-state index is 12.7. The van der Waals surface area contributed by atoms with Gasteiger partial charge in [-0.1, -0.05) is 67.2 Å².